The van der Waals surface area contributed by atoms with Crippen LogP contribution in [0.2, 0.25) is 0 Å². The van der Waals surface area contributed by atoms with Gasteiger partial charge in [0.25, 0.3) is 0 Å². The molecule has 1 spiro atoms. The largest absolute Gasteiger partial charge is 0.339 e. The third-order valence-electron chi connectivity index (χ3n) is 6.38. The molecule has 0 N–H and O–H groups in total. The fourth-order valence-electron chi connectivity index (χ4n) is 4.26. The van der Waals surface area contributed by atoms with Gasteiger partial charge in [0.05, 0.1) is 6.54 Å². The van der Waals surface area contributed by atoms with E-state index in [0.717, 1.165) is 19.3 Å². The molecule has 0 bridgehead atoms. The van der Waals surface area contributed by atoms with E-state index in [0.29, 0.717) is 36.6 Å². The number of hydrogen-bond donors (Lipinski definition) is 0. The van der Waals surface area contributed by atoms with Gasteiger partial charge in [0.15, 0.2) is 0 Å². The van der Waals surface area contributed by atoms with Crippen molar-refractivity contribution in [1.82, 2.24) is 20.1 Å². The quantitative estimate of drug-likeness (QED) is 0.706. The van der Waals surface area contributed by atoms with Gasteiger partial charge in [0, 0.05) is 37.7 Å². The van der Waals surface area contributed by atoms with E-state index in [4.69, 9.17) is 4.63 Å². The molecule has 2 heterocycles. The van der Waals surface area contributed by atoms with Crippen molar-refractivity contribution in [3.05, 3.63) is 53.1 Å². The number of carbonyl (C=O) groups excluding carboxylic acids is 2. The van der Waals surface area contributed by atoms with Gasteiger partial charge in [-0.2, -0.15) is 0 Å². The molecule has 2 fully saturated rings. The normalized spacial score (nSPS) is 20.0. The summed E-state index contributed by atoms with van der Waals surface area (Å²) < 4.78 is 18.4. The Hall–Kier alpha value is -3.03. The molecule has 1 aromatic carbocycles. The molecule has 8 heteroatoms. The Morgan fingerprint density at radius 1 is 1.30 bits per heavy atom. The first-order chi connectivity index (χ1) is 14.4. The molecular formula is C22H25FN4O3. The van der Waals surface area contributed by atoms with Gasteiger partial charge in [-0.15, -0.1) is 0 Å². The minimum absolute atomic E-state index is 0.00546. The minimum atomic E-state index is -0.348. The Morgan fingerprint density at radius 3 is 2.70 bits per heavy atom. The van der Waals surface area contributed by atoms with E-state index in [2.05, 4.69) is 10.3 Å². The summed E-state index contributed by atoms with van der Waals surface area (Å²) >= 11 is 0. The summed E-state index contributed by atoms with van der Waals surface area (Å²) in [5, 5.41) is 7.59. The first-order valence-corrected chi connectivity index (χ1v) is 10.1. The molecule has 1 saturated carbocycles. The third-order valence-corrected chi connectivity index (χ3v) is 6.38. The molecule has 4 rings (SSSR count). The van der Waals surface area contributed by atoms with Crippen LogP contribution in [0.5, 0.6) is 0 Å². The van der Waals surface area contributed by atoms with E-state index in [9.17, 15) is 14.0 Å². The third kappa shape index (κ3) is 3.99. The van der Waals surface area contributed by atoms with Gasteiger partial charge in [0.2, 0.25) is 11.8 Å². The predicted molar refractivity (Wildman–Crippen MR) is 107 cm³/mol. The number of aromatic nitrogens is 2. The lowest BCUT2D eigenvalue weighted by molar-refractivity contribution is -0.133. The number of hydrogen-bond acceptors (Lipinski definition) is 5. The van der Waals surface area contributed by atoms with Gasteiger partial charge in [-0.3, -0.25) is 9.59 Å². The van der Waals surface area contributed by atoms with E-state index in [1.165, 1.54) is 18.2 Å². The van der Waals surface area contributed by atoms with Crippen LogP contribution in [0.15, 0.2) is 35.0 Å². The van der Waals surface area contributed by atoms with Crippen LogP contribution in [-0.4, -0.2) is 52.1 Å². The number of halogens is 1. The van der Waals surface area contributed by atoms with Gasteiger partial charge >= 0.3 is 0 Å². The molecule has 1 aliphatic carbocycles. The van der Waals surface area contributed by atoms with Crippen LogP contribution in [0.1, 0.15) is 36.2 Å². The SMILES string of the molecule is Cc1nonc1CN(C)C(=O)C1CC12CCN(C(=O)C=Cc1ccccc1F)CC2. The van der Waals surface area contributed by atoms with Crippen molar-refractivity contribution in [1.29, 1.82) is 0 Å². The lowest BCUT2D eigenvalue weighted by Crippen LogP contribution is -2.40. The Balaban J connectivity index is 1.29. The summed E-state index contributed by atoms with van der Waals surface area (Å²) in [6.45, 7) is 3.41. The molecule has 2 aromatic rings. The second-order valence-electron chi connectivity index (χ2n) is 8.29. The van der Waals surface area contributed by atoms with Crippen molar-refractivity contribution < 1.29 is 18.6 Å². The predicted octanol–water partition coefficient (Wildman–Crippen LogP) is 2.82. The molecule has 158 valence electrons. The van der Waals surface area contributed by atoms with Crippen LogP contribution >= 0.6 is 0 Å². The molecule has 2 amide bonds. The zero-order chi connectivity index (χ0) is 21.3. The number of nitrogens with zero attached hydrogens (tertiary/aromatic N) is 4. The van der Waals surface area contributed by atoms with Crippen LogP contribution in [0.4, 0.5) is 4.39 Å². The molecule has 1 atom stereocenters. The van der Waals surface area contributed by atoms with Crippen molar-refractivity contribution in [3.63, 3.8) is 0 Å². The highest BCUT2D eigenvalue weighted by Gasteiger charge is 2.59. The number of piperidine rings is 1. The molecule has 7 nitrogen and oxygen atoms in total. The minimum Gasteiger partial charge on any atom is -0.339 e. The van der Waals surface area contributed by atoms with Gasteiger partial charge in [-0.1, -0.05) is 28.5 Å². The maximum Gasteiger partial charge on any atom is 0.246 e. The van der Waals surface area contributed by atoms with Crippen LogP contribution in [0.3, 0.4) is 0 Å². The Morgan fingerprint density at radius 2 is 2.03 bits per heavy atom. The molecule has 1 unspecified atom stereocenters. The van der Waals surface area contributed by atoms with E-state index < -0.39 is 0 Å². The number of aryl methyl sites for hydroxylation is 1. The molecule has 1 aromatic heterocycles. The lowest BCUT2D eigenvalue weighted by Gasteiger charge is -2.32. The van der Waals surface area contributed by atoms with Crippen LogP contribution in [0, 0.1) is 24.1 Å². The smallest absolute Gasteiger partial charge is 0.246 e. The summed E-state index contributed by atoms with van der Waals surface area (Å²) in [6.07, 6.45) is 5.41. The first-order valence-electron chi connectivity index (χ1n) is 10.1. The van der Waals surface area contributed by atoms with Gasteiger partial charge < -0.3 is 9.80 Å². The molecule has 30 heavy (non-hydrogen) atoms. The molecule has 0 radical (unpaired) electrons. The second-order valence-corrected chi connectivity index (χ2v) is 8.29. The van der Waals surface area contributed by atoms with Crippen molar-refractivity contribution in [2.24, 2.45) is 11.3 Å². The number of likely N-dealkylation sites (tertiary alicyclic amines) is 1. The highest BCUT2D eigenvalue weighted by molar-refractivity contribution is 5.92. The zero-order valence-electron chi connectivity index (χ0n) is 17.2. The zero-order valence-corrected chi connectivity index (χ0v) is 17.2. The number of carbonyl (C=O) groups is 2. The maximum absolute atomic E-state index is 13.7. The summed E-state index contributed by atoms with van der Waals surface area (Å²) in [6, 6.07) is 6.36. The summed E-state index contributed by atoms with van der Waals surface area (Å²) in [4.78, 5) is 28.8. The number of amides is 2. The summed E-state index contributed by atoms with van der Waals surface area (Å²) in [5.41, 5.74) is 1.75. The second kappa shape index (κ2) is 8.01. The van der Waals surface area contributed by atoms with Crippen LogP contribution < -0.4 is 0 Å². The van der Waals surface area contributed by atoms with Gasteiger partial charge in [0.1, 0.15) is 17.2 Å². The van der Waals surface area contributed by atoms with E-state index in [-0.39, 0.29) is 29.0 Å². The van der Waals surface area contributed by atoms with Crippen LogP contribution in [-0.2, 0) is 16.1 Å². The average molecular weight is 412 g/mol. The van der Waals surface area contributed by atoms with Crippen molar-refractivity contribution >= 4 is 17.9 Å². The Kier molecular flexibility index (Phi) is 5.40. The van der Waals surface area contributed by atoms with Crippen molar-refractivity contribution in [3.8, 4) is 0 Å². The lowest BCUT2D eigenvalue weighted by atomic mass is 9.90. The highest BCUT2D eigenvalue weighted by Crippen LogP contribution is 2.60. The van der Waals surface area contributed by atoms with E-state index in [1.54, 1.807) is 42.0 Å². The summed E-state index contributed by atoms with van der Waals surface area (Å²) in [7, 11) is 1.77. The van der Waals surface area contributed by atoms with Crippen LogP contribution in [0.25, 0.3) is 6.08 Å². The number of rotatable bonds is 5. The molecule has 2 aliphatic rings. The fourth-order valence-corrected chi connectivity index (χ4v) is 4.26. The van der Waals surface area contributed by atoms with Crippen molar-refractivity contribution in [2.45, 2.75) is 32.7 Å². The van der Waals surface area contributed by atoms with Crippen molar-refractivity contribution in [2.75, 3.05) is 20.1 Å². The fraction of sp³-hybridized carbons (Fsp3) is 0.455. The maximum atomic E-state index is 13.7. The number of benzene rings is 1. The Bertz CT molecular complexity index is 978. The Labute approximate surface area is 174 Å². The molecular weight excluding hydrogens is 387 g/mol. The van der Waals surface area contributed by atoms with Gasteiger partial charge in [-0.25, -0.2) is 9.02 Å². The average Bonchev–Trinajstić information content (AvgIpc) is 3.29. The standard InChI is InChI=1S/C22H25FN4O3/c1-15-19(25-30-24-15)14-26(2)21(29)17-13-22(17)9-11-27(12-10-22)20(28)8-7-16-5-3-4-6-18(16)23/h3-8,17H,9-14H2,1-2H3. The molecule has 1 saturated heterocycles. The topological polar surface area (TPSA) is 79.5 Å². The molecule has 1 aliphatic heterocycles. The summed E-state index contributed by atoms with van der Waals surface area (Å²) in [5.74, 6) is -0.368. The van der Waals surface area contributed by atoms with Gasteiger partial charge in [-0.05, 0) is 43.7 Å². The highest BCUT2D eigenvalue weighted by atomic mass is 19.1. The van der Waals surface area contributed by atoms with E-state index >= 15 is 0 Å². The van der Waals surface area contributed by atoms with E-state index in [1.807, 2.05) is 0 Å². The first kappa shape index (κ1) is 20.3. The monoisotopic (exact) mass is 412 g/mol.